The standard InChI is InChI=1S/C26H38N4O7S/c1-5-6-19(32)28-37-16-7-8-29(12-16)24(33)18-10-17(11-27-18)38-23-15(4)21-20(13(2)9-14(3)31)25(34)30(21)22(23)26(35)36/h13,15-18,20-21,27H,5-12H2,1-4H3,(H,28,32)(H,35,36)/t13-,15+,16-,17-,18-,20+,21-/m0/s1. The lowest BCUT2D eigenvalue weighted by Crippen LogP contribution is -2.62. The first-order valence-corrected chi connectivity index (χ1v) is 14.3. The van der Waals surface area contributed by atoms with Gasteiger partial charge in [0.1, 0.15) is 17.6 Å². The quantitative estimate of drug-likeness (QED) is 0.256. The van der Waals surface area contributed by atoms with Crippen molar-refractivity contribution in [3.63, 3.8) is 0 Å². The number of hydrogen-bond donors (Lipinski definition) is 3. The molecule has 4 aliphatic rings. The first-order chi connectivity index (χ1) is 18.0. The van der Waals surface area contributed by atoms with E-state index in [-0.39, 0.29) is 70.4 Å². The molecule has 11 nitrogen and oxygen atoms in total. The van der Waals surface area contributed by atoms with Gasteiger partial charge in [-0.25, -0.2) is 10.3 Å². The van der Waals surface area contributed by atoms with Crippen LogP contribution in [0.2, 0.25) is 0 Å². The van der Waals surface area contributed by atoms with Crippen LogP contribution in [0.5, 0.6) is 0 Å². The third-order valence-corrected chi connectivity index (χ3v) is 9.48. The Morgan fingerprint density at radius 2 is 2.03 bits per heavy atom. The van der Waals surface area contributed by atoms with E-state index in [1.54, 1.807) is 4.90 Å². The maximum atomic E-state index is 13.1. The average molecular weight is 551 g/mol. The normalized spacial score (nSPS) is 31.3. The van der Waals surface area contributed by atoms with Crippen molar-refractivity contribution in [3.8, 4) is 0 Å². The average Bonchev–Trinajstić information content (AvgIpc) is 3.56. The molecule has 3 fully saturated rings. The van der Waals surface area contributed by atoms with Crippen molar-refractivity contribution >= 4 is 41.2 Å². The Balaban J connectivity index is 1.34. The minimum atomic E-state index is -1.12. The molecule has 12 heteroatoms. The van der Waals surface area contributed by atoms with E-state index in [2.05, 4.69) is 10.8 Å². The number of carboxylic acid groups (broad SMARTS) is 1. The number of nitrogens with one attached hydrogen (secondary N) is 2. The van der Waals surface area contributed by atoms with Gasteiger partial charge in [-0.3, -0.25) is 19.2 Å². The number of thioether (sulfide) groups is 1. The maximum Gasteiger partial charge on any atom is 0.353 e. The molecule has 0 aromatic heterocycles. The lowest BCUT2D eigenvalue weighted by atomic mass is 9.73. The van der Waals surface area contributed by atoms with Gasteiger partial charge in [0, 0.05) is 48.5 Å². The predicted octanol–water partition coefficient (Wildman–Crippen LogP) is 1.29. The molecule has 0 bridgehead atoms. The molecule has 0 spiro atoms. The molecule has 38 heavy (non-hydrogen) atoms. The number of amides is 3. The molecule has 0 aliphatic carbocycles. The minimum Gasteiger partial charge on any atom is -0.477 e. The van der Waals surface area contributed by atoms with Crippen molar-refractivity contribution in [3.05, 3.63) is 10.6 Å². The summed E-state index contributed by atoms with van der Waals surface area (Å²) in [5.74, 6) is -2.20. The van der Waals surface area contributed by atoms with Crippen LogP contribution in [0.15, 0.2) is 10.6 Å². The molecule has 0 unspecified atom stereocenters. The molecule has 4 rings (SSSR count). The van der Waals surface area contributed by atoms with Crippen molar-refractivity contribution in [2.24, 2.45) is 17.8 Å². The van der Waals surface area contributed by atoms with Crippen LogP contribution in [0.25, 0.3) is 0 Å². The number of nitrogens with zero attached hydrogens (tertiary/aromatic N) is 2. The van der Waals surface area contributed by atoms with E-state index in [0.717, 1.165) is 6.42 Å². The fourth-order valence-electron chi connectivity index (χ4n) is 6.18. The van der Waals surface area contributed by atoms with E-state index in [4.69, 9.17) is 4.84 Å². The molecule has 0 aromatic rings. The Kier molecular flexibility index (Phi) is 8.83. The summed E-state index contributed by atoms with van der Waals surface area (Å²) in [5.41, 5.74) is 2.50. The Labute approximate surface area is 227 Å². The van der Waals surface area contributed by atoms with Crippen LogP contribution >= 0.6 is 11.8 Å². The number of likely N-dealkylation sites (tertiary alicyclic amines) is 1. The summed E-state index contributed by atoms with van der Waals surface area (Å²) in [7, 11) is 0. The van der Waals surface area contributed by atoms with E-state index in [1.807, 2.05) is 20.8 Å². The van der Waals surface area contributed by atoms with Gasteiger partial charge in [-0.05, 0) is 32.1 Å². The smallest absolute Gasteiger partial charge is 0.353 e. The molecule has 3 amide bonds. The van der Waals surface area contributed by atoms with Crippen LogP contribution in [-0.2, 0) is 28.8 Å². The Morgan fingerprint density at radius 3 is 2.68 bits per heavy atom. The Bertz CT molecular complexity index is 1030. The van der Waals surface area contributed by atoms with Crippen LogP contribution in [0.1, 0.15) is 59.8 Å². The van der Waals surface area contributed by atoms with Crippen molar-refractivity contribution < 1.29 is 33.9 Å². The summed E-state index contributed by atoms with van der Waals surface area (Å²) in [6.07, 6.45) is 2.37. The maximum absolute atomic E-state index is 13.1. The van der Waals surface area contributed by atoms with Gasteiger partial charge in [-0.2, -0.15) is 0 Å². The topological polar surface area (TPSA) is 145 Å². The van der Waals surface area contributed by atoms with Crippen molar-refractivity contribution in [1.82, 2.24) is 20.6 Å². The second kappa shape index (κ2) is 11.7. The number of hydroxylamine groups is 1. The summed E-state index contributed by atoms with van der Waals surface area (Å²) >= 11 is 1.45. The van der Waals surface area contributed by atoms with E-state index >= 15 is 0 Å². The third kappa shape index (κ3) is 5.62. The first kappa shape index (κ1) is 28.6. The molecule has 4 aliphatic heterocycles. The SMILES string of the molecule is CCCC(=O)NO[C@H]1CCN(C(=O)[C@@H]2C[C@H](SC3=C(C(=O)O)N4C(=O)[C@H]([C@@H](C)CC(C)=O)[C@@H]4[C@H]3C)CN2)C1. The van der Waals surface area contributed by atoms with Gasteiger partial charge in [0.2, 0.25) is 17.7 Å². The summed E-state index contributed by atoms with van der Waals surface area (Å²) in [6, 6.07) is -0.634. The van der Waals surface area contributed by atoms with Gasteiger partial charge < -0.3 is 25.0 Å². The largest absolute Gasteiger partial charge is 0.477 e. The van der Waals surface area contributed by atoms with Gasteiger partial charge in [0.25, 0.3) is 0 Å². The van der Waals surface area contributed by atoms with Gasteiger partial charge in [0.05, 0.1) is 18.0 Å². The zero-order valence-electron chi connectivity index (χ0n) is 22.4. The molecule has 3 N–H and O–H groups in total. The van der Waals surface area contributed by atoms with Crippen LogP contribution in [0.3, 0.4) is 0 Å². The fraction of sp³-hybridized carbons (Fsp3) is 0.731. The molecule has 3 saturated heterocycles. The highest BCUT2D eigenvalue weighted by Gasteiger charge is 2.60. The zero-order chi connectivity index (χ0) is 27.7. The number of Topliss-reactive ketones (excluding diaryl/α,β-unsaturated/α-hetero) is 1. The van der Waals surface area contributed by atoms with Gasteiger partial charge in [-0.15, -0.1) is 11.8 Å². The Morgan fingerprint density at radius 1 is 1.29 bits per heavy atom. The monoisotopic (exact) mass is 550 g/mol. The number of hydrogen-bond acceptors (Lipinski definition) is 8. The molecule has 0 radical (unpaired) electrons. The highest BCUT2D eigenvalue weighted by molar-refractivity contribution is 8.03. The summed E-state index contributed by atoms with van der Waals surface area (Å²) in [5, 5.41) is 13.2. The number of fused-ring (bicyclic) bond motifs is 1. The molecule has 0 aromatic carbocycles. The van der Waals surface area contributed by atoms with Crippen LogP contribution in [-0.4, -0.2) is 87.5 Å². The van der Waals surface area contributed by atoms with Gasteiger partial charge in [-0.1, -0.05) is 20.8 Å². The van der Waals surface area contributed by atoms with Gasteiger partial charge >= 0.3 is 5.97 Å². The van der Waals surface area contributed by atoms with E-state index in [0.29, 0.717) is 50.2 Å². The number of carbonyl (C=O) groups excluding carboxylic acids is 4. The molecule has 210 valence electrons. The lowest BCUT2D eigenvalue weighted by molar-refractivity contribution is -0.160. The summed E-state index contributed by atoms with van der Waals surface area (Å²) in [4.78, 5) is 70.9. The molecular weight excluding hydrogens is 512 g/mol. The second-order valence-electron chi connectivity index (χ2n) is 10.9. The van der Waals surface area contributed by atoms with E-state index < -0.39 is 5.97 Å². The molecule has 0 saturated carbocycles. The van der Waals surface area contributed by atoms with E-state index in [9.17, 15) is 29.1 Å². The van der Waals surface area contributed by atoms with Crippen molar-refractivity contribution in [1.29, 1.82) is 0 Å². The first-order valence-electron chi connectivity index (χ1n) is 13.5. The van der Waals surface area contributed by atoms with E-state index in [1.165, 1.54) is 23.6 Å². The van der Waals surface area contributed by atoms with Crippen LogP contribution < -0.4 is 10.8 Å². The second-order valence-corrected chi connectivity index (χ2v) is 12.3. The lowest BCUT2D eigenvalue weighted by Gasteiger charge is -2.47. The molecular formula is C26H38N4O7S. The summed E-state index contributed by atoms with van der Waals surface area (Å²) in [6.45, 7) is 8.75. The van der Waals surface area contributed by atoms with Gasteiger partial charge in [0.15, 0.2) is 0 Å². The molecule has 4 heterocycles. The highest BCUT2D eigenvalue weighted by atomic mass is 32.2. The van der Waals surface area contributed by atoms with Crippen molar-refractivity contribution in [2.45, 2.75) is 83.2 Å². The number of carboxylic acids is 1. The Hall–Kier alpha value is -2.44. The number of aliphatic carboxylic acids is 1. The molecule has 7 atom stereocenters. The number of rotatable bonds is 11. The number of carbonyl (C=O) groups is 5. The number of β-lactam (4-membered cyclic amide) rings is 1. The van der Waals surface area contributed by atoms with Crippen LogP contribution in [0, 0.1) is 17.8 Å². The zero-order valence-corrected chi connectivity index (χ0v) is 23.2. The fourth-order valence-corrected chi connectivity index (χ4v) is 7.66. The summed E-state index contributed by atoms with van der Waals surface area (Å²) < 4.78 is 0. The highest BCUT2D eigenvalue weighted by Crippen LogP contribution is 2.53. The predicted molar refractivity (Wildman–Crippen MR) is 139 cm³/mol. The minimum absolute atomic E-state index is 0.0133. The van der Waals surface area contributed by atoms with Crippen molar-refractivity contribution in [2.75, 3.05) is 19.6 Å². The van der Waals surface area contributed by atoms with Crippen LogP contribution in [0.4, 0.5) is 0 Å². The number of ketones is 1. The third-order valence-electron chi connectivity index (χ3n) is 7.97.